The quantitative estimate of drug-likeness (QED) is 0.741. The van der Waals surface area contributed by atoms with E-state index in [-0.39, 0.29) is 11.9 Å². The van der Waals surface area contributed by atoms with Crippen LogP contribution in [0.15, 0.2) is 24.3 Å². The third-order valence-electron chi connectivity index (χ3n) is 2.69. The molecule has 1 aliphatic heterocycles. The Labute approximate surface area is 82.9 Å². The molecule has 0 aliphatic carbocycles. The van der Waals surface area contributed by atoms with Crippen molar-refractivity contribution >= 4 is 0 Å². The van der Waals surface area contributed by atoms with Crippen molar-refractivity contribution in [3.63, 3.8) is 0 Å². The number of nitrogens with two attached hydrogens (primary N) is 1. The summed E-state index contributed by atoms with van der Waals surface area (Å²) in [6.07, 6.45) is 0.785. The Hall–Kier alpha value is -0.930. The molecule has 14 heavy (non-hydrogen) atoms. The molecule has 1 fully saturated rings. The van der Waals surface area contributed by atoms with Gasteiger partial charge in [0.1, 0.15) is 5.82 Å². The van der Waals surface area contributed by atoms with Crippen molar-refractivity contribution < 1.29 is 9.13 Å². The largest absolute Gasteiger partial charge is 0.376 e. The molecule has 1 aliphatic rings. The van der Waals surface area contributed by atoms with E-state index in [4.69, 9.17) is 10.5 Å². The topological polar surface area (TPSA) is 35.2 Å². The van der Waals surface area contributed by atoms with Gasteiger partial charge in [-0.15, -0.1) is 0 Å². The molecule has 0 spiro atoms. The van der Waals surface area contributed by atoms with Crippen LogP contribution < -0.4 is 5.73 Å². The summed E-state index contributed by atoms with van der Waals surface area (Å²) in [4.78, 5) is 0. The average Bonchev–Trinajstić information content (AvgIpc) is 2.48. The molecule has 3 heteroatoms. The van der Waals surface area contributed by atoms with E-state index in [1.165, 1.54) is 6.07 Å². The number of benzene rings is 1. The van der Waals surface area contributed by atoms with Gasteiger partial charge in [0, 0.05) is 5.56 Å². The fraction of sp³-hybridized carbons (Fsp3) is 0.455. The molecule has 1 aromatic carbocycles. The van der Waals surface area contributed by atoms with Crippen LogP contribution in [-0.2, 0) is 10.3 Å². The SMILES string of the molecule is CC1CC(N)(c2ccccc2F)CO1. The molecule has 1 heterocycles. The molecule has 0 radical (unpaired) electrons. The van der Waals surface area contributed by atoms with E-state index in [1.54, 1.807) is 18.2 Å². The minimum absolute atomic E-state index is 0.111. The number of hydrogen-bond donors (Lipinski definition) is 1. The van der Waals surface area contributed by atoms with Gasteiger partial charge in [-0.05, 0) is 19.4 Å². The predicted octanol–water partition coefficient (Wildman–Crippen LogP) is 1.79. The average molecular weight is 195 g/mol. The molecule has 1 saturated heterocycles. The lowest BCUT2D eigenvalue weighted by Crippen LogP contribution is -2.38. The molecule has 2 atom stereocenters. The lowest BCUT2D eigenvalue weighted by atomic mass is 9.88. The maximum Gasteiger partial charge on any atom is 0.128 e. The summed E-state index contributed by atoms with van der Waals surface area (Å²) in [5.41, 5.74) is 6.02. The lowest BCUT2D eigenvalue weighted by Gasteiger charge is -2.22. The van der Waals surface area contributed by atoms with Gasteiger partial charge in [0.2, 0.25) is 0 Å². The number of hydrogen-bond acceptors (Lipinski definition) is 2. The first kappa shape index (κ1) is 9.62. The lowest BCUT2D eigenvalue weighted by molar-refractivity contribution is 0.116. The first-order valence-corrected chi connectivity index (χ1v) is 4.77. The molecular weight excluding hydrogens is 181 g/mol. The summed E-state index contributed by atoms with van der Waals surface area (Å²) < 4.78 is 18.9. The van der Waals surface area contributed by atoms with E-state index in [2.05, 4.69) is 0 Å². The van der Waals surface area contributed by atoms with Crippen molar-refractivity contribution in [1.29, 1.82) is 0 Å². The van der Waals surface area contributed by atoms with E-state index in [9.17, 15) is 4.39 Å². The van der Waals surface area contributed by atoms with Crippen LogP contribution in [-0.4, -0.2) is 12.7 Å². The predicted molar refractivity (Wildman–Crippen MR) is 52.3 cm³/mol. The minimum Gasteiger partial charge on any atom is -0.376 e. The van der Waals surface area contributed by atoms with Crippen LogP contribution in [0, 0.1) is 5.82 Å². The maximum absolute atomic E-state index is 13.5. The summed E-state index contributed by atoms with van der Waals surface area (Å²) in [6.45, 7) is 2.35. The van der Waals surface area contributed by atoms with Gasteiger partial charge in [0.15, 0.2) is 0 Å². The molecule has 0 bridgehead atoms. The van der Waals surface area contributed by atoms with Gasteiger partial charge in [-0.1, -0.05) is 18.2 Å². The second-order valence-corrected chi connectivity index (χ2v) is 3.96. The van der Waals surface area contributed by atoms with Crippen LogP contribution >= 0.6 is 0 Å². The summed E-state index contributed by atoms with van der Waals surface area (Å²) in [5, 5.41) is 0. The standard InChI is InChI=1S/C11H14FNO/c1-8-6-11(13,7-14-8)9-4-2-3-5-10(9)12/h2-5,8H,6-7,13H2,1H3. The minimum atomic E-state index is -0.648. The van der Waals surface area contributed by atoms with Gasteiger partial charge in [0.05, 0.1) is 18.2 Å². The van der Waals surface area contributed by atoms with Crippen LogP contribution in [0.3, 0.4) is 0 Å². The molecule has 0 saturated carbocycles. The molecule has 0 aromatic heterocycles. The molecule has 2 unspecified atom stereocenters. The van der Waals surface area contributed by atoms with Gasteiger partial charge in [-0.3, -0.25) is 0 Å². The van der Waals surface area contributed by atoms with E-state index < -0.39 is 5.54 Å². The van der Waals surface area contributed by atoms with E-state index in [0.717, 1.165) is 0 Å². The second kappa shape index (κ2) is 3.33. The number of rotatable bonds is 1. The normalized spacial score (nSPS) is 32.1. The van der Waals surface area contributed by atoms with Crippen LogP contribution in [0.5, 0.6) is 0 Å². The van der Waals surface area contributed by atoms with Crippen molar-refractivity contribution in [2.24, 2.45) is 5.73 Å². The van der Waals surface area contributed by atoms with Gasteiger partial charge in [-0.2, -0.15) is 0 Å². The van der Waals surface area contributed by atoms with Crippen LogP contribution in [0.25, 0.3) is 0 Å². The Kier molecular flexibility index (Phi) is 2.29. The fourth-order valence-corrected chi connectivity index (χ4v) is 1.97. The first-order valence-electron chi connectivity index (χ1n) is 4.77. The number of ether oxygens (including phenoxy) is 1. The highest BCUT2D eigenvalue weighted by atomic mass is 19.1. The third-order valence-corrected chi connectivity index (χ3v) is 2.69. The molecule has 2 nitrogen and oxygen atoms in total. The van der Waals surface area contributed by atoms with Gasteiger partial charge >= 0.3 is 0 Å². The van der Waals surface area contributed by atoms with Crippen molar-refractivity contribution in [3.8, 4) is 0 Å². The Bertz CT molecular complexity index is 342. The Morgan fingerprint density at radius 2 is 2.21 bits per heavy atom. The highest BCUT2D eigenvalue weighted by Crippen LogP contribution is 2.32. The van der Waals surface area contributed by atoms with Crippen LogP contribution in [0.1, 0.15) is 18.9 Å². The molecule has 76 valence electrons. The molecule has 2 N–H and O–H groups in total. The monoisotopic (exact) mass is 195 g/mol. The Morgan fingerprint density at radius 3 is 2.79 bits per heavy atom. The van der Waals surface area contributed by atoms with E-state index >= 15 is 0 Å². The van der Waals surface area contributed by atoms with Crippen molar-refractivity contribution in [1.82, 2.24) is 0 Å². The Balaban J connectivity index is 2.35. The van der Waals surface area contributed by atoms with Gasteiger partial charge in [0.25, 0.3) is 0 Å². The first-order chi connectivity index (χ1) is 6.62. The van der Waals surface area contributed by atoms with Crippen LogP contribution in [0.4, 0.5) is 4.39 Å². The summed E-state index contributed by atoms with van der Waals surface area (Å²) in [5.74, 6) is -0.243. The maximum atomic E-state index is 13.5. The molecule has 1 aromatic rings. The molecule has 0 amide bonds. The van der Waals surface area contributed by atoms with Crippen molar-refractivity contribution in [2.75, 3.05) is 6.61 Å². The van der Waals surface area contributed by atoms with Gasteiger partial charge in [-0.25, -0.2) is 4.39 Å². The number of halogens is 1. The van der Waals surface area contributed by atoms with E-state index in [0.29, 0.717) is 18.6 Å². The second-order valence-electron chi connectivity index (χ2n) is 3.96. The smallest absolute Gasteiger partial charge is 0.128 e. The molecular formula is C11H14FNO. The van der Waals surface area contributed by atoms with E-state index in [1.807, 2.05) is 6.92 Å². The van der Waals surface area contributed by atoms with Crippen molar-refractivity contribution in [2.45, 2.75) is 25.0 Å². The third kappa shape index (κ3) is 1.53. The zero-order valence-corrected chi connectivity index (χ0v) is 8.16. The van der Waals surface area contributed by atoms with Crippen LogP contribution in [0.2, 0.25) is 0 Å². The zero-order valence-electron chi connectivity index (χ0n) is 8.16. The Morgan fingerprint density at radius 1 is 1.50 bits per heavy atom. The fourth-order valence-electron chi connectivity index (χ4n) is 1.97. The zero-order chi connectivity index (χ0) is 10.2. The molecule has 2 rings (SSSR count). The highest BCUT2D eigenvalue weighted by molar-refractivity contribution is 5.27. The summed E-state index contributed by atoms with van der Waals surface area (Å²) in [6, 6.07) is 6.64. The summed E-state index contributed by atoms with van der Waals surface area (Å²) >= 11 is 0. The summed E-state index contributed by atoms with van der Waals surface area (Å²) in [7, 11) is 0. The van der Waals surface area contributed by atoms with Gasteiger partial charge < -0.3 is 10.5 Å². The highest BCUT2D eigenvalue weighted by Gasteiger charge is 2.37. The van der Waals surface area contributed by atoms with Crippen molar-refractivity contribution in [3.05, 3.63) is 35.6 Å².